The fourth-order valence-corrected chi connectivity index (χ4v) is 4.94. The number of morpholine rings is 1. The molecule has 3 aromatic rings. The smallest absolute Gasteiger partial charge is 0.180 e. The first-order chi connectivity index (χ1) is 18.1. The van der Waals surface area contributed by atoms with Gasteiger partial charge in [-0.3, -0.25) is 4.90 Å². The number of unbranched alkanes of at least 4 members (excludes halogenated alkanes) is 2. The normalized spacial score (nSPS) is 14.5. The lowest BCUT2D eigenvalue weighted by molar-refractivity contribution is 0.0385. The van der Waals surface area contributed by atoms with Gasteiger partial charge in [-0.2, -0.15) is 0 Å². The third kappa shape index (κ3) is 8.08. The largest absolute Gasteiger partial charge is 0.494 e. The number of aromatic nitrogens is 1. The molecule has 0 aliphatic carbocycles. The molecule has 1 aromatic heterocycles. The molecule has 10 heteroatoms. The van der Waals surface area contributed by atoms with E-state index < -0.39 is 0 Å². The van der Waals surface area contributed by atoms with Crippen molar-refractivity contribution in [2.45, 2.75) is 25.7 Å². The molecule has 0 amide bonds. The van der Waals surface area contributed by atoms with Gasteiger partial charge in [0.15, 0.2) is 11.0 Å². The quantitative estimate of drug-likeness (QED) is 0.100. The molecule has 0 spiro atoms. The molecule has 1 aliphatic heterocycles. The first kappa shape index (κ1) is 26.7. The minimum absolute atomic E-state index is 0.0817. The van der Waals surface area contributed by atoms with E-state index in [2.05, 4.69) is 27.2 Å². The first-order valence-corrected chi connectivity index (χ1v) is 13.4. The molecule has 2 heterocycles. The van der Waals surface area contributed by atoms with E-state index in [4.69, 9.17) is 30.9 Å². The Kier molecular flexibility index (Phi) is 9.98. The van der Waals surface area contributed by atoms with Crippen LogP contribution in [0.1, 0.15) is 29.7 Å². The fraction of sp³-hybridized carbons (Fsp3) is 0.407. The summed E-state index contributed by atoms with van der Waals surface area (Å²) in [7, 11) is 0. The Morgan fingerprint density at radius 2 is 1.59 bits per heavy atom. The van der Waals surface area contributed by atoms with Crippen LogP contribution in [0.4, 0.5) is 5.13 Å². The number of nitrogens with two attached hydrogens (primary N) is 2. The van der Waals surface area contributed by atoms with Crippen LogP contribution in [0.25, 0.3) is 11.3 Å². The van der Waals surface area contributed by atoms with Gasteiger partial charge >= 0.3 is 0 Å². The summed E-state index contributed by atoms with van der Waals surface area (Å²) < 4.78 is 17.1. The Morgan fingerprint density at radius 1 is 0.973 bits per heavy atom. The van der Waals surface area contributed by atoms with Crippen molar-refractivity contribution < 1.29 is 19.4 Å². The highest BCUT2D eigenvalue weighted by Gasteiger charge is 2.15. The molecular formula is C27H35N5O4S. The van der Waals surface area contributed by atoms with Crippen LogP contribution in [0.5, 0.6) is 11.5 Å². The number of nitrogens with zero attached hydrogens (tertiary/aromatic N) is 3. The number of benzene rings is 2. The van der Waals surface area contributed by atoms with E-state index >= 15 is 0 Å². The van der Waals surface area contributed by atoms with E-state index in [9.17, 15) is 0 Å². The van der Waals surface area contributed by atoms with E-state index in [-0.39, 0.29) is 5.84 Å². The summed E-state index contributed by atoms with van der Waals surface area (Å²) in [5.74, 6) is 1.69. The lowest BCUT2D eigenvalue weighted by Gasteiger charge is -2.26. The standard InChI is InChI=1S/C27H35N5O4S/c28-26(31-33)21-6-10-23(11-7-21)36-17-3-1-2-16-35-22-8-4-20(5-9-22)25-24(37-27(29)30-25)12-13-32-14-18-34-19-15-32/h4-11,33H,1-3,12-19H2,(H2,28,31)(H2,29,30). The molecule has 2 aromatic carbocycles. The molecule has 1 fully saturated rings. The van der Waals surface area contributed by atoms with E-state index in [0.29, 0.717) is 23.9 Å². The predicted molar refractivity (Wildman–Crippen MR) is 147 cm³/mol. The summed E-state index contributed by atoms with van der Waals surface area (Å²) in [4.78, 5) is 8.24. The highest BCUT2D eigenvalue weighted by Crippen LogP contribution is 2.31. The number of hydrogen-bond donors (Lipinski definition) is 3. The molecule has 1 aliphatic rings. The second-order valence-corrected chi connectivity index (χ2v) is 9.93. The van der Waals surface area contributed by atoms with Gasteiger partial charge < -0.3 is 30.9 Å². The highest BCUT2D eigenvalue weighted by atomic mass is 32.1. The number of nitrogen functional groups attached to an aromatic ring is 1. The van der Waals surface area contributed by atoms with Crippen LogP contribution in [0.15, 0.2) is 53.7 Å². The van der Waals surface area contributed by atoms with Crippen LogP contribution in [0, 0.1) is 0 Å². The van der Waals surface area contributed by atoms with E-state index in [0.717, 1.165) is 81.3 Å². The van der Waals surface area contributed by atoms with Gasteiger partial charge in [-0.05, 0) is 74.2 Å². The monoisotopic (exact) mass is 525 g/mol. The third-order valence-electron chi connectivity index (χ3n) is 6.18. The van der Waals surface area contributed by atoms with Gasteiger partial charge in [0.25, 0.3) is 0 Å². The molecule has 0 radical (unpaired) electrons. The molecule has 198 valence electrons. The maximum Gasteiger partial charge on any atom is 0.180 e. The van der Waals surface area contributed by atoms with E-state index in [1.54, 1.807) is 23.5 Å². The Morgan fingerprint density at radius 3 is 2.22 bits per heavy atom. The summed E-state index contributed by atoms with van der Waals surface area (Å²) >= 11 is 1.57. The number of thiazole rings is 1. The molecular weight excluding hydrogens is 490 g/mol. The number of rotatable bonds is 13. The van der Waals surface area contributed by atoms with Crippen molar-refractivity contribution in [2.75, 3.05) is 51.8 Å². The maximum atomic E-state index is 8.71. The summed E-state index contributed by atoms with van der Waals surface area (Å²) in [5, 5.41) is 12.3. The van der Waals surface area contributed by atoms with Crippen molar-refractivity contribution in [3.8, 4) is 22.8 Å². The lowest BCUT2D eigenvalue weighted by Crippen LogP contribution is -2.37. The number of ether oxygens (including phenoxy) is 3. The zero-order chi connectivity index (χ0) is 25.9. The number of oxime groups is 1. The Hall–Kier alpha value is -3.34. The van der Waals surface area contributed by atoms with Crippen molar-refractivity contribution in [2.24, 2.45) is 10.9 Å². The van der Waals surface area contributed by atoms with Gasteiger partial charge in [-0.25, -0.2) is 4.98 Å². The molecule has 0 saturated carbocycles. The van der Waals surface area contributed by atoms with Crippen LogP contribution < -0.4 is 20.9 Å². The average molecular weight is 526 g/mol. The van der Waals surface area contributed by atoms with Gasteiger partial charge in [0.2, 0.25) is 0 Å². The van der Waals surface area contributed by atoms with Crippen LogP contribution in [0.3, 0.4) is 0 Å². The van der Waals surface area contributed by atoms with Crippen LogP contribution >= 0.6 is 11.3 Å². The van der Waals surface area contributed by atoms with Crippen molar-refractivity contribution >= 4 is 22.3 Å². The average Bonchev–Trinajstić information content (AvgIpc) is 3.32. The summed E-state index contributed by atoms with van der Waals surface area (Å²) in [6.07, 6.45) is 3.82. The molecule has 0 atom stereocenters. The van der Waals surface area contributed by atoms with Crippen LogP contribution in [-0.2, 0) is 11.2 Å². The van der Waals surface area contributed by atoms with E-state index in [1.807, 2.05) is 24.3 Å². The number of amidine groups is 1. The van der Waals surface area contributed by atoms with Crippen LogP contribution in [0.2, 0.25) is 0 Å². The molecule has 0 unspecified atom stereocenters. The molecule has 37 heavy (non-hydrogen) atoms. The van der Waals surface area contributed by atoms with Crippen molar-refractivity contribution in [1.29, 1.82) is 0 Å². The Labute approximate surface area is 221 Å². The van der Waals surface area contributed by atoms with Gasteiger partial charge in [0.1, 0.15) is 11.5 Å². The second-order valence-electron chi connectivity index (χ2n) is 8.82. The van der Waals surface area contributed by atoms with E-state index in [1.165, 1.54) is 4.88 Å². The van der Waals surface area contributed by atoms with Crippen molar-refractivity contribution in [3.05, 3.63) is 59.0 Å². The summed E-state index contributed by atoms with van der Waals surface area (Å²) in [6, 6.07) is 15.3. The van der Waals surface area contributed by atoms with Crippen LogP contribution in [-0.4, -0.2) is 67.0 Å². The molecule has 9 nitrogen and oxygen atoms in total. The number of anilines is 1. The third-order valence-corrected chi connectivity index (χ3v) is 7.13. The zero-order valence-electron chi connectivity index (χ0n) is 21.0. The lowest BCUT2D eigenvalue weighted by atomic mass is 10.1. The van der Waals surface area contributed by atoms with Gasteiger partial charge in [0, 0.05) is 35.6 Å². The molecule has 1 saturated heterocycles. The molecule has 0 bridgehead atoms. The van der Waals surface area contributed by atoms with Crippen molar-refractivity contribution in [1.82, 2.24) is 9.88 Å². The summed E-state index contributed by atoms with van der Waals surface area (Å²) in [6.45, 7) is 5.85. The summed E-state index contributed by atoms with van der Waals surface area (Å²) in [5.41, 5.74) is 14.3. The molecule has 5 N–H and O–H groups in total. The predicted octanol–water partition coefficient (Wildman–Crippen LogP) is 3.99. The second kappa shape index (κ2) is 13.8. The highest BCUT2D eigenvalue weighted by molar-refractivity contribution is 7.15. The molecule has 4 rings (SSSR count). The topological polar surface area (TPSA) is 128 Å². The van der Waals surface area contributed by atoms with Gasteiger partial charge in [-0.1, -0.05) is 5.16 Å². The zero-order valence-corrected chi connectivity index (χ0v) is 21.8. The first-order valence-electron chi connectivity index (χ1n) is 12.6. The Bertz CT molecular complexity index is 1130. The number of hydrogen-bond acceptors (Lipinski definition) is 9. The van der Waals surface area contributed by atoms with Gasteiger partial charge in [0.05, 0.1) is 32.1 Å². The van der Waals surface area contributed by atoms with Gasteiger partial charge in [-0.15, -0.1) is 11.3 Å². The maximum absolute atomic E-state index is 8.71. The minimum Gasteiger partial charge on any atom is -0.494 e. The fourth-order valence-electron chi connectivity index (χ4n) is 4.10. The minimum atomic E-state index is 0.0817. The Balaban J connectivity index is 1.15. The SMILES string of the molecule is NC(=NO)c1ccc(OCCCCCOc2ccc(-c3nc(N)sc3CCN3CCOCC3)cc2)cc1. The van der Waals surface area contributed by atoms with Crippen molar-refractivity contribution in [3.63, 3.8) is 0 Å².